The Labute approximate surface area is 200 Å². The summed E-state index contributed by atoms with van der Waals surface area (Å²) in [5.74, 6) is -0.222. The molecule has 176 valence electrons. The number of carbonyl (C=O) groups excluding carboxylic acids is 2. The van der Waals surface area contributed by atoms with Crippen LogP contribution in [0.1, 0.15) is 28.7 Å². The first-order valence-electron chi connectivity index (χ1n) is 11.7. The van der Waals surface area contributed by atoms with Crippen molar-refractivity contribution in [3.63, 3.8) is 0 Å². The first-order valence-corrected chi connectivity index (χ1v) is 11.7. The van der Waals surface area contributed by atoms with E-state index in [0.29, 0.717) is 25.9 Å². The van der Waals surface area contributed by atoms with Gasteiger partial charge in [-0.05, 0) is 53.6 Å². The lowest BCUT2D eigenvalue weighted by Gasteiger charge is -2.37. The van der Waals surface area contributed by atoms with Crippen LogP contribution < -0.4 is 11.1 Å². The van der Waals surface area contributed by atoms with E-state index in [0.717, 1.165) is 29.5 Å². The molecule has 1 heterocycles. The number of carbonyl (C=O) groups is 2. The van der Waals surface area contributed by atoms with E-state index >= 15 is 0 Å². The lowest BCUT2D eigenvalue weighted by molar-refractivity contribution is -0.142. The average molecular weight is 458 g/mol. The smallest absolute Gasteiger partial charge is 0.243 e. The minimum Gasteiger partial charge on any atom is -0.508 e. The molecule has 0 fully saturated rings. The van der Waals surface area contributed by atoms with Crippen molar-refractivity contribution < 1.29 is 14.7 Å². The number of fused-ring (bicyclic) bond motifs is 1. The molecule has 3 aromatic carbocycles. The fraction of sp³-hybridized carbons (Fsp3) is 0.286. The van der Waals surface area contributed by atoms with Crippen molar-refractivity contribution in [1.29, 1.82) is 0 Å². The van der Waals surface area contributed by atoms with Crippen molar-refractivity contribution in [2.24, 2.45) is 5.73 Å². The molecule has 0 aliphatic carbocycles. The second-order valence-electron chi connectivity index (χ2n) is 8.81. The van der Waals surface area contributed by atoms with Gasteiger partial charge in [-0.25, -0.2) is 0 Å². The first kappa shape index (κ1) is 23.5. The number of aryl methyl sites for hydroxylation is 1. The molecule has 4 N–H and O–H groups in total. The van der Waals surface area contributed by atoms with E-state index in [2.05, 4.69) is 17.4 Å². The highest BCUT2D eigenvalue weighted by Crippen LogP contribution is 2.24. The Hall–Kier alpha value is -3.64. The highest BCUT2D eigenvalue weighted by molar-refractivity contribution is 5.90. The number of benzene rings is 3. The van der Waals surface area contributed by atoms with Gasteiger partial charge in [-0.15, -0.1) is 0 Å². The summed E-state index contributed by atoms with van der Waals surface area (Å²) in [5, 5.41) is 12.5. The molecule has 0 radical (unpaired) electrons. The molecular weight excluding hydrogens is 426 g/mol. The Balaban J connectivity index is 1.42. The number of phenolic OH excluding ortho intramolecular Hbond substituents is 1. The van der Waals surface area contributed by atoms with E-state index in [4.69, 9.17) is 5.73 Å². The van der Waals surface area contributed by atoms with Gasteiger partial charge in [0.15, 0.2) is 0 Å². The molecule has 0 bridgehead atoms. The standard InChI is InChI=1S/C28H31N3O3/c29-25(17-21-12-14-24(32)15-13-21)28(34)31-19-23-11-5-4-10-22(23)18-26(31)27(33)30-16-6-9-20-7-2-1-3-8-20/h1-5,7-8,10-15,25-26,32H,6,9,16-19,29H2,(H,30,33)/t25-,26+/m0/s1. The molecule has 6 nitrogen and oxygen atoms in total. The summed E-state index contributed by atoms with van der Waals surface area (Å²) in [6, 6.07) is 23.4. The van der Waals surface area contributed by atoms with Crippen LogP contribution in [0.15, 0.2) is 78.9 Å². The Morgan fingerprint density at radius 3 is 2.35 bits per heavy atom. The predicted octanol–water partition coefficient (Wildman–Crippen LogP) is 2.96. The summed E-state index contributed by atoms with van der Waals surface area (Å²) in [6.07, 6.45) is 2.52. The SMILES string of the molecule is N[C@@H](Cc1ccc(O)cc1)C(=O)N1Cc2ccccc2C[C@@H]1C(=O)NCCCc1ccccc1. The second kappa shape index (κ2) is 11.0. The van der Waals surface area contributed by atoms with Crippen molar-refractivity contribution in [1.82, 2.24) is 10.2 Å². The van der Waals surface area contributed by atoms with Gasteiger partial charge in [0, 0.05) is 19.5 Å². The van der Waals surface area contributed by atoms with Gasteiger partial charge < -0.3 is 21.1 Å². The van der Waals surface area contributed by atoms with Crippen molar-refractivity contribution in [3.8, 4) is 5.75 Å². The molecule has 0 spiro atoms. The largest absolute Gasteiger partial charge is 0.508 e. The maximum Gasteiger partial charge on any atom is 0.243 e. The zero-order chi connectivity index (χ0) is 23.9. The van der Waals surface area contributed by atoms with Gasteiger partial charge in [-0.1, -0.05) is 66.7 Å². The molecule has 34 heavy (non-hydrogen) atoms. The summed E-state index contributed by atoms with van der Waals surface area (Å²) in [7, 11) is 0. The van der Waals surface area contributed by atoms with Gasteiger partial charge in [0.25, 0.3) is 0 Å². The van der Waals surface area contributed by atoms with Crippen molar-refractivity contribution in [2.45, 2.75) is 44.3 Å². The first-order chi connectivity index (χ1) is 16.5. The van der Waals surface area contributed by atoms with Gasteiger partial charge in [-0.2, -0.15) is 0 Å². The van der Waals surface area contributed by atoms with Gasteiger partial charge in [0.05, 0.1) is 6.04 Å². The molecule has 2 amide bonds. The normalized spacial score (nSPS) is 15.9. The van der Waals surface area contributed by atoms with Crippen LogP contribution in [0.3, 0.4) is 0 Å². The van der Waals surface area contributed by atoms with Gasteiger partial charge in [0.2, 0.25) is 11.8 Å². The minimum absolute atomic E-state index is 0.146. The van der Waals surface area contributed by atoms with Gasteiger partial charge >= 0.3 is 0 Å². The number of rotatable bonds is 8. The van der Waals surface area contributed by atoms with Crippen LogP contribution in [0.25, 0.3) is 0 Å². The Morgan fingerprint density at radius 1 is 0.941 bits per heavy atom. The van der Waals surface area contributed by atoms with E-state index < -0.39 is 12.1 Å². The number of aromatic hydroxyl groups is 1. The molecule has 0 aromatic heterocycles. The van der Waals surface area contributed by atoms with Crippen LogP contribution in [0.4, 0.5) is 0 Å². The molecule has 4 rings (SSSR count). The molecule has 3 aromatic rings. The van der Waals surface area contributed by atoms with E-state index in [-0.39, 0.29) is 17.6 Å². The number of phenols is 1. The van der Waals surface area contributed by atoms with Crippen molar-refractivity contribution >= 4 is 11.8 Å². The Morgan fingerprint density at radius 2 is 1.62 bits per heavy atom. The maximum atomic E-state index is 13.4. The van der Waals surface area contributed by atoms with Crippen LogP contribution >= 0.6 is 0 Å². The average Bonchev–Trinajstić information content (AvgIpc) is 2.87. The molecule has 1 aliphatic rings. The maximum absolute atomic E-state index is 13.4. The third-order valence-electron chi connectivity index (χ3n) is 6.33. The molecule has 1 aliphatic heterocycles. The van der Waals surface area contributed by atoms with E-state index in [1.54, 1.807) is 29.2 Å². The fourth-order valence-electron chi connectivity index (χ4n) is 4.44. The van der Waals surface area contributed by atoms with Gasteiger partial charge in [-0.3, -0.25) is 9.59 Å². The summed E-state index contributed by atoms with van der Waals surface area (Å²) in [6.45, 7) is 0.911. The number of nitrogens with zero attached hydrogens (tertiary/aromatic N) is 1. The van der Waals surface area contributed by atoms with Crippen LogP contribution in [0.5, 0.6) is 5.75 Å². The Bertz CT molecular complexity index is 1120. The van der Waals surface area contributed by atoms with Crippen molar-refractivity contribution in [3.05, 3.63) is 101 Å². The Kier molecular flexibility index (Phi) is 7.60. The molecule has 6 heteroatoms. The third kappa shape index (κ3) is 5.83. The molecule has 0 saturated heterocycles. The minimum atomic E-state index is -0.775. The number of amides is 2. The number of hydrogen-bond acceptors (Lipinski definition) is 4. The zero-order valence-electron chi connectivity index (χ0n) is 19.2. The molecule has 0 unspecified atom stereocenters. The number of nitrogens with one attached hydrogen (secondary N) is 1. The van der Waals surface area contributed by atoms with Crippen molar-refractivity contribution in [2.75, 3.05) is 6.54 Å². The summed E-state index contributed by atoms with van der Waals surface area (Å²) in [5.41, 5.74) is 10.5. The zero-order valence-corrected chi connectivity index (χ0v) is 19.2. The highest BCUT2D eigenvalue weighted by atomic mass is 16.3. The lowest BCUT2D eigenvalue weighted by atomic mass is 9.92. The number of hydrogen-bond donors (Lipinski definition) is 3. The monoisotopic (exact) mass is 457 g/mol. The van der Waals surface area contributed by atoms with E-state index in [1.807, 2.05) is 42.5 Å². The van der Waals surface area contributed by atoms with E-state index in [9.17, 15) is 14.7 Å². The molecular formula is C28H31N3O3. The fourth-order valence-corrected chi connectivity index (χ4v) is 4.44. The predicted molar refractivity (Wildman–Crippen MR) is 132 cm³/mol. The van der Waals surface area contributed by atoms with Crippen LogP contribution in [0, 0.1) is 0 Å². The summed E-state index contributed by atoms with van der Waals surface area (Å²) in [4.78, 5) is 28.2. The van der Waals surface area contributed by atoms with Crippen LogP contribution in [-0.2, 0) is 35.4 Å². The van der Waals surface area contributed by atoms with E-state index in [1.165, 1.54) is 5.56 Å². The lowest BCUT2D eigenvalue weighted by Crippen LogP contribution is -2.56. The van der Waals surface area contributed by atoms with Crippen LogP contribution in [0.2, 0.25) is 0 Å². The van der Waals surface area contributed by atoms with Crippen LogP contribution in [-0.4, -0.2) is 40.4 Å². The van der Waals surface area contributed by atoms with Gasteiger partial charge in [0.1, 0.15) is 11.8 Å². The quantitative estimate of drug-likeness (QED) is 0.453. The molecule has 2 atom stereocenters. The third-order valence-corrected chi connectivity index (χ3v) is 6.33. The summed E-state index contributed by atoms with van der Waals surface area (Å²) < 4.78 is 0. The number of nitrogens with two attached hydrogens (primary N) is 1. The topological polar surface area (TPSA) is 95.7 Å². The second-order valence-corrected chi connectivity index (χ2v) is 8.81. The highest BCUT2D eigenvalue weighted by Gasteiger charge is 2.36. The molecule has 0 saturated carbocycles. The summed E-state index contributed by atoms with van der Waals surface area (Å²) >= 11 is 0.